The van der Waals surface area contributed by atoms with Gasteiger partial charge in [0.1, 0.15) is 5.82 Å². The fraction of sp³-hybridized carbons (Fsp3) is 0.571. The van der Waals surface area contributed by atoms with E-state index in [-0.39, 0.29) is 11.9 Å². The molecule has 18 heavy (non-hydrogen) atoms. The first-order valence-corrected chi connectivity index (χ1v) is 6.24. The molecule has 0 radical (unpaired) electrons. The van der Waals surface area contributed by atoms with Gasteiger partial charge in [0.05, 0.1) is 12.7 Å². The van der Waals surface area contributed by atoms with Crippen molar-refractivity contribution in [2.45, 2.75) is 39.2 Å². The maximum atomic E-state index is 12.9. The summed E-state index contributed by atoms with van der Waals surface area (Å²) in [4.78, 5) is 0. The minimum atomic E-state index is -0.474. The van der Waals surface area contributed by atoms with Crippen LogP contribution < -0.4 is 5.32 Å². The van der Waals surface area contributed by atoms with Gasteiger partial charge in [0.15, 0.2) is 5.79 Å². The van der Waals surface area contributed by atoms with Crippen LogP contribution in [-0.4, -0.2) is 25.0 Å². The van der Waals surface area contributed by atoms with Crippen LogP contribution in [0.3, 0.4) is 0 Å². The molecule has 0 aliphatic carbocycles. The van der Waals surface area contributed by atoms with Crippen molar-refractivity contribution in [1.29, 1.82) is 0 Å². The molecule has 1 fully saturated rings. The standard InChI is InChI=1S/C14H20FNO2/c1-10-6-12(15)5-4-11(10)7-16-8-13-9-17-14(2,3)18-13/h4-6,13,16H,7-9H2,1-3H3. The van der Waals surface area contributed by atoms with Gasteiger partial charge in [-0.05, 0) is 44.0 Å². The summed E-state index contributed by atoms with van der Waals surface area (Å²) in [7, 11) is 0. The molecule has 1 aliphatic rings. The molecule has 0 bridgehead atoms. The Morgan fingerprint density at radius 3 is 2.83 bits per heavy atom. The Morgan fingerprint density at radius 2 is 2.22 bits per heavy atom. The van der Waals surface area contributed by atoms with Gasteiger partial charge < -0.3 is 14.8 Å². The molecule has 1 atom stereocenters. The summed E-state index contributed by atoms with van der Waals surface area (Å²) in [5, 5.41) is 3.31. The van der Waals surface area contributed by atoms with E-state index in [9.17, 15) is 4.39 Å². The topological polar surface area (TPSA) is 30.5 Å². The smallest absolute Gasteiger partial charge is 0.163 e. The van der Waals surface area contributed by atoms with E-state index in [1.807, 2.05) is 26.8 Å². The Bertz CT molecular complexity index is 420. The number of aryl methyl sites for hydroxylation is 1. The molecular formula is C14H20FNO2. The average molecular weight is 253 g/mol. The summed E-state index contributed by atoms with van der Waals surface area (Å²) >= 11 is 0. The summed E-state index contributed by atoms with van der Waals surface area (Å²) < 4.78 is 24.1. The van der Waals surface area contributed by atoms with Crippen molar-refractivity contribution in [3.05, 3.63) is 35.1 Å². The minimum Gasteiger partial charge on any atom is -0.348 e. The van der Waals surface area contributed by atoms with Gasteiger partial charge in [0.25, 0.3) is 0 Å². The molecule has 1 N–H and O–H groups in total. The molecule has 1 aromatic carbocycles. The van der Waals surface area contributed by atoms with Crippen LogP contribution in [0.25, 0.3) is 0 Å². The van der Waals surface area contributed by atoms with Crippen molar-refractivity contribution >= 4 is 0 Å². The third kappa shape index (κ3) is 3.51. The summed E-state index contributed by atoms with van der Waals surface area (Å²) in [5.41, 5.74) is 2.07. The van der Waals surface area contributed by atoms with E-state index in [2.05, 4.69) is 5.32 Å². The van der Waals surface area contributed by atoms with E-state index in [4.69, 9.17) is 9.47 Å². The van der Waals surface area contributed by atoms with Crippen LogP contribution >= 0.6 is 0 Å². The van der Waals surface area contributed by atoms with Crippen molar-refractivity contribution < 1.29 is 13.9 Å². The van der Waals surface area contributed by atoms with Crippen LogP contribution in [0.5, 0.6) is 0 Å². The lowest BCUT2D eigenvalue weighted by atomic mass is 10.1. The minimum absolute atomic E-state index is 0.0840. The van der Waals surface area contributed by atoms with Crippen LogP contribution in [0, 0.1) is 12.7 Å². The van der Waals surface area contributed by atoms with Gasteiger partial charge in [-0.2, -0.15) is 0 Å². The third-order valence-corrected chi connectivity index (χ3v) is 3.06. The van der Waals surface area contributed by atoms with Crippen LogP contribution in [0.4, 0.5) is 4.39 Å². The van der Waals surface area contributed by atoms with Gasteiger partial charge in [0.2, 0.25) is 0 Å². The van der Waals surface area contributed by atoms with Gasteiger partial charge in [-0.3, -0.25) is 0 Å². The Morgan fingerprint density at radius 1 is 1.44 bits per heavy atom. The van der Waals surface area contributed by atoms with E-state index >= 15 is 0 Å². The zero-order valence-electron chi connectivity index (χ0n) is 11.1. The average Bonchev–Trinajstić information content (AvgIpc) is 2.61. The summed E-state index contributed by atoms with van der Waals surface area (Å²) in [6.07, 6.45) is 0.0840. The van der Waals surface area contributed by atoms with Gasteiger partial charge >= 0.3 is 0 Å². The Kier molecular flexibility index (Phi) is 4.00. The first-order valence-electron chi connectivity index (χ1n) is 6.24. The lowest BCUT2D eigenvalue weighted by Crippen LogP contribution is -2.30. The second-order valence-corrected chi connectivity index (χ2v) is 5.15. The number of nitrogens with one attached hydrogen (secondary N) is 1. The molecule has 0 aromatic heterocycles. The molecule has 1 heterocycles. The van der Waals surface area contributed by atoms with E-state index < -0.39 is 5.79 Å². The van der Waals surface area contributed by atoms with Gasteiger partial charge in [-0.15, -0.1) is 0 Å². The lowest BCUT2D eigenvalue weighted by molar-refractivity contribution is -0.137. The summed E-state index contributed by atoms with van der Waals surface area (Å²) in [5.74, 6) is -0.663. The van der Waals surface area contributed by atoms with E-state index in [0.717, 1.165) is 17.7 Å². The van der Waals surface area contributed by atoms with E-state index in [1.165, 1.54) is 6.07 Å². The number of benzene rings is 1. The monoisotopic (exact) mass is 253 g/mol. The Balaban J connectivity index is 1.79. The van der Waals surface area contributed by atoms with Gasteiger partial charge in [0, 0.05) is 13.1 Å². The first kappa shape index (κ1) is 13.5. The Labute approximate surface area is 107 Å². The maximum Gasteiger partial charge on any atom is 0.163 e. The maximum absolute atomic E-state index is 12.9. The highest BCUT2D eigenvalue weighted by molar-refractivity contribution is 5.26. The number of ether oxygens (including phenoxy) is 2. The van der Waals surface area contributed by atoms with Crippen molar-refractivity contribution in [2.24, 2.45) is 0 Å². The number of hydrogen-bond acceptors (Lipinski definition) is 3. The molecular weight excluding hydrogens is 233 g/mol. The van der Waals surface area contributed by atoms with Crippen molar-refractivity contribution in [2.75, 3.05) is 13.2 Å². The van der Waals surface area contributed by atoms with E-state index in [1.54, 1.807) is 6.07 Å². The molecule has 1 saturated heterocycles. The molecule has 1 aromatic rings. The van der Waals surface area contributed by atoms with Crippen molar-refractivity contribution in [3.63, 3.8) is 0 Å². The second-order valence-electron chi connectivity index (χ2n) is 5.15. The molecule has 2 rings (SSSR count). The largest absolute Gasteiger partial charge is 0.348 e. The molecule has 1 aliphatic heterocycles. The summed E-state index contributed by atoms with van der Waals surface area (Å²) in [6, 6.07) is 4.85. The fourth-order valence-corrected chi connectivity index (χ4v) is 2.09. The summed E-state index contributed by atoms with van der Waals surface area (Å²) in [6.45, 7) is 7.81. The molecule has 4 heteroatoms. The number of halogens is 1. The van der Waals surface area contributed by atoms with Crippen LogP contribution in [0.15, 0.2) is 18.2 Å². The van der Waals surface area contributed by atoms with Crippen LogP contribution in [-0.2, 0) is 16.0 Å². The quantitative estimate of drug-likeness (QED) is 0.893. The predicted molar refractivity (Wildman–Crippen MR) is 67.7 cm³/mol. The fourth-order valence-electron chi connectivity index (χ4n) is 2.09. The Hall–Kier alpha value is -0.970. The lowest BCUT2D eigenvalue weighted by Gasteiger charge is -2.17. The number of rotatable bonds is 4. The SMILES string of the molecule is Cc1cc(F)ccc1CNCC1COC(C)(C)O1. The normalized spacial score (nSPS) is 22.3. The molecule has 0 saturated carbocycles. The molecule has 1 unspecified atom stereocenters. The van der Waals surface area contributed by atoms with E-state index in [0.29, 0.717) is 13.2 Å². The third-order valence-electron chi connectivity index (χ3n) is 3.06. The highest BCUT2D eigenvalue weighted by Crippen LogP contribution is 2.21. The highest BCUT2D eigenvalue weighted by atomic mass is 19.1. The van der Waals surface area contributed by atoms with Crippen molar-refractivity contribution in [1.82, 2.24) is 5.32 Å². The van der Waals surface area contributed by atoms with Crippen molar-refractivity contribution in [3.8, 4) is 0 Å². The van der Waals surface area contributed by atoms with Gasteiger partial charge in [-0.25, -0.2) is 4.39 Å². The molecule has 100 valence electrons. The first-order chi connectivity index (χ1) is 8.46. The predicted octanol–water partition coefficient (Wildman–Crippen LogP) is 2.38. The van der Waals surface area contributed by atoms with Gasteiger partial charge in [-0.1, -0.05) is 6.07 Å². The molecule has 0 spiro atoms. The second kappa shape index (κ2) is 5.34. The number of hydrogen-bond donors (Lipinski definition) is 1. The molecule has 0 amide bonds. The van der Waals surface area contributed by atoms with Crippen LogP contribution in [0.2, 0.25) is 0 Å². The zero-order chi connectivity index (χ0) is 13.2. The van der Waals surface area contributed by atoms with Crippen LogP contribution in [0.1, 0.15) is 25.0 Å². The molecule has 3 nitrogen and oxygen atoms in total. The highest BCUT2D eigenvalue weighted by Gasteiger charge is 2.32. The zero-order valence-corrected chi connectivity index (χ0v) is 11.1.